The number of fused-ring (bicyclic) bond motifs is 2. The molecule has 6 heteroatoms. The number of nitrogens with two attached hydrogens (primary N) is 1. The van der Waals surface area contributed by atoms with E-state index in [9.17, 15) is 4.79 Å². The highest BCUT2D eigenvalue weighted by Crippen LogP contribution is 2.61. The monoisotopic (exact) mass is 438 g/mol. The largest absolute Gasteiger partial charge is 0.382 e. The second kappa shape index (κ2) is 8.62. The van der Waals surface area contributed by atoms with Gasteiger partial charge in [-0.15, -0.1) is 0 Å². The van der Waals surface area contributed by atoms with Gasteiger partial charge in [0, 0.05) is 12.0 Å². The minimum atomic E-state index is -0.235. The Hall–Kier alpha value is -2.21. The molecule has 0 amide bonds. The second-order valence-electron chi connectivity index (χ2n) is 10.8. The van der Waals surface area contributed by atoms with Crippen LogP contribution in [-0.4, -0.2) is 36.5 Å². The average molecular weight is 439 g/mol. The maximum atomic E-state index is 12.4. The molecule has 174 valence electrons. The van der Waals surface area contributed by atoms with Gasteiger partial charge >= 0.3 is 0 Å². The fraction of sp³-hybridized carbons (Fsp3) is 0.654. The van der Waals surface area contributed by atoms with Gasteiger partial charge in [0.15, 0.2) is 18.2 Å². The Bertz CT molecular complexity index is 940. The predicted octanol–water partition coefficient (Wildman–Crippen LogP) is 3.69. The number of carbonyl (C=O) groups excluding carboxylic acids is 1. The SMILES string of the molecule is CC(=CCN1C[NH+](C)c2ncnc(N)c21)CCC1(C)C(C)CCC2(C=O)C(C)=CCCC21. The number of aromatic nitrogens is 2. The van der Waals surface area contributed by atoms with Gasteiger partial charge in [-0.3, -0.25) is 4.90 Å². The summed E-state index contributed by atoms with van der Waals surface area (Å²) >= 11 is 0. The van der Waals surface area contributed by atoms with Gasteiger partial charge in [0.2, 0.25) is 0 Å². The molecule has 3 N–H and O–H groups in total. The molecule has 5 atom stereocenters. The van der Waals surface area contributed by atoms with Crippen LogP contribution < -0.4 is 15.5 Å². The van der Waals surface area contributed by atoms with Gasteiger partial charge in [0.25, 0.3) is 5.82 Å². The number of allylic oxidation sites excluding steroid dienone is 3. The standard InChI is InChI=1S/C26H39N5O/c1-18(11-14-31-17-30(5)24-22(31)23(27)28-16-29-24)9-12-25(4)19(2)10-13-26(15-32)20(3)7-6-8-21(25)26/h7,11,15-16,19,21H,6,8-10,12-14,17H2,1-5H3,(H2,27,28,29)/p+1. The van der Waals surface area contributed by atoms with Crippen molar-refractivity contribution in [1.29, 1.82) is 0 Å². The van der Waals surface area contributed by atoms with E-state index in [-0.39, 0.29) is 10.8 Å². The summed E-state index contributed by atoms with van der Waals surface area (Å²) in [6, 6.07) is 0. The third kappa shape index (κ3) is 3.66. The molecule has 1 aromatic heterocycles. The summed E-state index contributed by atoms with van der Waals surface area (Å²) in [5, 5.41) is 0. The van der Waals surface area contributed by atoms with Crippen molar-refractivity contribution < 1.29 is 9.69 Å². The van der Waals surface area contributed by atoms with Gasteiger partial charge in [-0.25, -0.2) is 4.98 Å². The van der Waals surface area contributed by atoms with Crippen LogP contribution >= 0.6 is 0 Å². The maximum Gasteiger partial charge on any atom is 0.256 e. The summed E-state index contributed by atoms with van der Waals surface area (Å²) in [7, 11) is 2.12. The Morgan fingerprint density at radius 3 is 2.91 bits per heavy atom. The quantitative estimate of drug-likeness (QED) is 0.523. The normalized spacial score (nSPS) is 34.7. The van der Waals surface area contributed by atoms with E-state index in [1.54, 1.807) is 6.33 Å². The molecule has 6 nitrogen and oxygen atoms in total. The first-order valence-corrected chi connectivity index (χ1v) is 12.2. The highest BCUT2D eigenvalue weighted by molar-refractivity contribution is 5.73. The fourth-order valence-electron chi connectivity index (χ4n) is 6.71. The number of hydrogen-bond donors (Lipinski definition) is 2. The topological polar surface area (TPSA) is 76.6 Å². The molecule has 3 aliphatic rings. The minimum absolute atomic E-state index is 0.187. The van der Waals surface area contributed by atoms with Crippen molar-refractivity contribution >= 4 is 23.6 Å². The second-order valence-corrected chi connectivity index (χ2v) is 10.8. The molecule has 1 aromatic rings. The van der Waals surface area contributed by atoms with Crippen molar-refractivity contribution in [3.05, 3.63) is 29.6 Å². The molecule has 0 spiro atoms. The van der Waals surface area contributed by atoms with Gasteiger partial charge in [-0.05, 0) is 69.6 Å². The van der Waals surface area contributed by atoms with Crippen LogP contribution in [0.25, 0.3) is 0 Å². The zero-order valence-corrected chi connectivity index (χ0v) is 20.4. The molecular formula is C26H40N5O+. The van der Waals surface area contributed by atoms with Crippen LogP contribution in [0.1, 0.15) is 66.2 Å². The van der Waals surface area contributed by atoms with Crippen molar-refractivity contribution in [2.24, 2.45) is 22.7 Å². The van der Waals surface area contributed by atoms with Gasteiger partial charge in [-0.1, -0.05) is 37.1 Å². The van der Waals surface area contributed by atoms with E-state index in [4.69, 9.17) is 5.73 Å². The molecule has 2 heterocycles. The van der Waals surface area contributed by atoms with Crippen molar-refractivity contribution in [3.8, 4) is 0 Å². The van der Waals surface area contributed by atoms with Crippen LogP contribution in [0.15, 0.2) is 29.6 Å². The van der Waals surface area contributed by atoms with E-state index >= 15 is 0 Å². The van der Waals surface area contributed by atoms with Gasteiger partial charge in [0.05, 0.1) is 7.05 Å². The van der Waals surface area contributed by atoms with Crippen molar-refractivity contribution in [2.75, 3.05) is 30.9 Å². The Kier molecular flexibility index (Phi) is 6.19. The number of nitrogens with one attached hydrogen (secondary N) is 1. The number of nitrogen functional groups attached to an aromatic ring is 1. The molecule has 0 aromatic carbocycles. The number of hydrogen-bond acceptors (Lipinski definition) is 5. The first kappa shape index (κ1) is 23.0. The number of nitrogens with zero attached hydrogens (tertiary/aromatic N) is 3. The van der Waals surface area contributed by atoms with E-state index in [2.05, 4.69) is 61.8 Å². The van der Waals surface area contributed by atoms with Crippen LogP contribution in [-0.2, 0) is 4.79 Å². The third-order valence-electron chi connectivity index (χ3n) is 9.10. The predicted molar refractivity (Wildman–Crippen MR) is 130 cm³/mol. The summed E-state index contributed by atoms with van der Waals surface area (Å²) in [5.74, 6) is 2.64. The van der Waals surface area contributed by atoms with E-state index in [1.165, 1.54) is 22.3 Å². The number of anilines is 2. The zero-order valence-electron chi connectivity index (χ0n) is 20.4. The third-order valence-corrected chi connectivity index (χ3v) is 9.10. The lowest BCUT2D eigenvalue weighted by Gasteiger charge is -2.57. The summed E-state index contributed by atoms with van der Waals surface area (Å²) < 4.78 is 0. The minimum Gasteiger partial charge on any atom is -0.382 e. The fourth-order valence-corrected chi connectivity index (χ4v) is 6.71. The van der Waals surface area contributed by atoms with Crippen molar-refractivity contribution in [1.82, 2.24) is 9.97 Å². The molecule has 32 heavy (non-hydrogen) atoms. The highest BCUT2D eigenvalue weighted by atomic mass is 16.1. The lowest BCUT2D eigenvalue weighted by atomic mass is 9.46. The van der Waals surface area contributed by atoms with E-state index < -0.39 is 0 Å². The first-order chi connectivity index (χ1) is 15.2. The summed E-state index contributed by atoms with van der Waals surface area (Å²) in [4.78, 5) is 24.5. The van der Waals surface area contributed by atoms with E-state index in [1.807, 2.05) is 0 Å². The molecule has 0 radical (unpaired) electrons. The lowest BCUT2D eigenvalue weighted by molar-refractivity contribution is -0.805. The summed E-state index contributed by atoms with van der Waals surface area (Å²) in [5.41, 5.74) is 9.81. The Balaban J connectivity index is 1.47. The molecule has 1 fully saturated rings. The van der Waals surface area contributed by atoms with Crippen LogP contribution in [0, 0.1) is 22.7 Å². The van der Waals surface area contributed by atoms with Crippen molar-refractivity contribution in [3.63, 3.8) is 0 Å². The van der Waals surface area contributed by atoms with Gasteiger partial charge in [-0.2, -0.15) is 4.98 Å². The van der Waals surface area contributed by atoms with Crippen LogP contribution in [0.5, 0.6) is 0 Å². The van der Waals surface area contributed by atoms with E-state index in [0.717, 1.165) is 63.2 Å². The number of quaternary nitrogens is 1. The Morgan fingerprint density at radius 1 is 1.38 bits per heavy atom. The van der Waals surface area contributed by atoms with Gasteiger partial charge in [0.1, 0.15) is 12.6 Å². The smallest absolute Gasteiger partial charge is 0.256 e. The zero-order chi connectivity index (χ0) is 23.1. The molecule has 1 aliphatic heterocycles. The Labute approximate surface area is 193 Å². The summed E-state index contributed by atoms with van der Waals surface area (Å²) in [6.45, 7) is 11.0. The number of rotatable bonds is 6. The average Bonchev–Trinajstić information content (AvgIpc) is 3.11. The molecule has 0 bridgehead atoms. The van der Waals surface area contributed by atoms with Crippen molar-refractivity contribution in [2.45, 2.75) is 66.2 Å². The van der Waals surface area contributed by atoms with Crippen LogP contribution in [0.2, 0.25) is 0 Å². The maximum absolute atomic E-state index is 12.4. The number of aldehydes is 1. The molecular weight excluding hydrogens is 398 g/mol. The molecule has 1 saturated carbocycles. The molecule has 0 saturated heterocycles. The highest BCUT2D eigenvalue weighted by Gasteiger charge is 2.55. The first-order valence-electron chi connectivity index (χ1n) is 12.2. The Morgan fingerprint density at radius 2 is 2.16 bits per heavy atom. The molecule has 4 rings (SSSR count). The van der Waals surface area contributed by atoms with E-state index in [0.29, 0.717) is 17.7 Å². The molecule has 2 aliphatic carbocycles. The van der Waals surface area contributed by atoms with Crippen LogP contribution in [0.4, 0.5) is 17.3 Å². The van der Waals surface area contributed by atoms with Gasteiger partial charge < -0.3 is 15.4 Å². The lowest BCUT2D eigenvalue weighted by Crippen LogP contribution is -3.03. The molecule has 5 unspecified atom stereocenters. The number of carbonyl (C=O) groups is 1. The summed E-state index contributed by atoms with van der Waals surface area (Å²) in [6.07, 6.45) is 14.1. The van der Waals surface area contributed by atoms with Crippen LogP contribution in [0.3, 0.4) is 0 Å².